The molecule has 1 saturated carbocycles. The van der Waals surface area contributed by atoms with Crippen LogP contribution in [-0.2, 0) is 22.6 Å². The summed E-state index contributed by atoms with van der Waals surface area (Å²) in [5.74, 6) is -0.533. The van der Waals surface area contributed by atoms with Crippen LogP contribution in [0.3, 0.4) is 0 Å². The predicted molar refractivity (Wildman–Crippen MR) is 124 cm³/mol. The Bertz CT molecular complexity index is 1070. The molecule has 0 spiro atoms. The van der Waals surface area contributed by atoms with Crippen molar-refractivity contribution in [2.75, 3.05) is 14.2 Å². The summed E-state index contributed by atoms with van der Waals surface area (Å²) in [6.07, 6.45) is 6.39. The molecule has 1 aromatic carbocycles. The van der Waals surface area contributed by atoms with Gasteiger partial charge in [-0.05, 0) is 37.5 Å². The molecule has 0 unspecified atom stereocenters. The van der Waals surface area contributed by atoms with E-state index in [0.29, 0.717) is 5.75 Å². The van der Waals surface area contributed by atoms with Gasteiger partial charge in [-0.3, -0.25) is 14.3 Å². The second-order valence-corrected chi connectivity index (χ2v) is 9.24. The predicted octanol–water partition coefficient (Wildman–Crippen LogP) is 2.93. The second-order valence-electron chi connectivity index (χ2n) is 9.24. The number of carbonyl (C=O) groups excluding carboxylic acids is 3. The van der Waals surface area contributed by atoms with Gasteiger partial charge in [-0.25, -0.2) is 4.79 Å². The van der Waals surface area contributed by atoms with Gasteiger partial charge >= 0.3 is 5.97 Å². The van der Waals surface area contributed by atoms with Crippen LogP contribution in [0.5, 0.6) is 5.75 Å². The molecule has 9 nitrogen and oxygen atoms in total. The van der Waals surface area contributed by atoms with Crippen molar-refractivity contribution in [2.24, 2.45) is 0 Å². The minimum absolute atomic E-state index is 0.0422. The molecule has 2 aliphatic rings. The van der Waals surface area contributed by atoms with E-state index in [9.17, 15) is 14.4 Å². The number of amides is 2. The van der Waals surface area contributed by atoms with Crippen molar-refractivity contribution in [3.05, 3.63) is 47.3 Å². The maximum absolute atomic E-state index is 13.7. The van der Waals surface area contributed by atoms with Crippen molar-refractivity contribution in [3.8, 4) is 5.75 Å². The monoisotopic (exact) mass is 468 g/mol. The van der Waals surface area contributed by atoms with E-state index < -0.39 is 11.5 Å². The fourth-order valence-electron chi connectivity index (χ4n) is 4.81. The van der Waals surface area contributed by atoms with Gasteiger partial charge in [-0.1, -0.05) is 37.8 Å². The van der Waals surface area contributed by atoms with Gasteiger partial charge < -0.3 is 19.7 Å². The van der Waals surface area contributed by atoms with Crippen LogP contribution in [0.15, 0.2) is 30.3 Å². The zero-order valence-electron chi connectivity index (χ0n) is 20.0. The molecule has 0 saturated heterocycles. The van der Waals surface area contributed by atoms with Crippen molar-refractivity contribution in [1.82, 2.24) is 20.0 Å². The van der Waals surface area contributed by atoms with Crippen LogP contribution in [0.2, 0.25) is 0 Å². The van der Waals surface area contributed by atoms with E-state index in [4.69, 9.17) is 9.47 Å². The number of aromatic nitrogens is 2. The van der Waals surface area contributed by atoms with Gasteiger partial charge in [0.1, 0.15) is 17.0 Å². The molecule has 1 aliphatic carbocycles. The molecule has 34 heavy (non-hydrogen) atoms. The Morgan fingerprint density at radius 3 is 2.56 bits per heavy atom. The lowest BCUT2D eigenvalue weighted by molar-refractivity contribution is -0.134. The highest BCUT2D eigenvalue weighted by atomic mass is 16.5. The lowest BCUT2D eigenvalue weighted by Gasteiger charge is -2.44. The largest absolute Gasteiger partial charge is 0.497 e. The molecule has 9 heteroatoms. The van der Waals surface area contributed by atoms with Crippen LogP contribution in [0.1, 0.15) is 72.0 Å². The van der Waals surface area contributed by atoms with E-state index in [1.165, 1.54) is 30.7 Å². The molecule has 1 fully saturated rings. The molecule has 1 N–H and O–H groups in total. The van der Waals surface area contributed by atoms with Crippen molar-refractivity contribution >= 4 is 17.8 Å². The Hall–Kier alpha value is -3.36. The Kier molecular flexibility index (Phi) is 6.90. The number of methoxy groups -OCH3 is 2. The quantitative estimate of drug-likeness (QED) is 0.517. The van der Waals surface area contributed by atoms with Gasteiger partial charge in [-0.15, -0.1) is 0 Å². The maximum Gasteiger partial charge on any atom is 0.358 e. The summed E-state index contributed by atoms with van der Waals surface area (Å²) in [7, 11) is 2.85. The van der Waals surface area contributed by atoms with Gasteiger partial charge in [0.25, 0.3) is 5.91 Å². The summed E-state index contributed by atoms with van der Waals surface area (Å²) >= 11 is 0. The van der Waals surface area contributed by atoms with Gasteiger partial charge in [0.05, 0.1) is 20.8 Å². The third kappa shape index (κ3) is 4.64. The summed E-state index contributed by atoms with van der Waals surface area (Å²) in [5.41, 5.74) is -0.0650. The van der Waals surface area contributed by atoms with Gasteiger partial charge in [0.2, 0.25) is 5.91 Å². The van der Waals surface area contributed by atoms with Crippen molar-refractivity contribution in [2.45, 2.75) is 70.1 Å². The maximum atomic E-state index is 13.7. The highest BCUT2D eigenvalue weighted by Crippen LogP contribution is 2.31. The van der Waals surface area contributed by atoms with E-state index >= 15 is 0 Å². The molecule has 2 aromatic rings. The molecule has 0 bridgehead atoms. The fraction of sp³-hybridized carbons (Fsp3) is 0.520. The standard InChI is InChI=1S/C25H32N4O5/c1-25(24(32)26-18-10-6-4-5-7-11-18)16-29-21(14-20(27-29)23(31)34-3)22(30)28(25)15-17-9-8-12-19(13-17)33-2/h8-9,12-14,18H,4-7,10-11,15-16H2,1-3H3,(H,26,32)/t25-/m0/s1. The fourth-order valence-corrected chi connectivity index (χ4v) is 4.81. The van der Waals surface area contributed by atoms with Gasteiger partial charge in [0, 0.05) is 18.7 Å². The molecule has 4 rings (SSSR count). The average molecular weight is 469 g/mol. The van der Waals surface area contributed by atoms with Crippen LogP contribution < -0.4 is 10.1 Å². The number of benzene rings is 1. The highest BCUT2D eigenvalue weighted by molar-refractivity contribution is 6.01. The smallest absolute Gasteiger partial charge is 0.358 e. The van der Waals surface area contributed by atoms with Crippen LogP contribution in [0.25, 0.3) is 0 Å². The van der Waals surface area contributed by atoms with E-state index in [0.717, 1.165) is 31.2 Å². The number of nitrogens with zero attached hydrogens (tertiary/aromatic N) is 3. The summed E-state index contributed by atoms with van der Waals surface area (Å²) in [4.78, 5) is 41.0. The van der Waals surface area contributed by atoms with E-state index in [1.54, 1.807) is 18.9 Å². The zero-order valence-corrected chi connectivity index (χ0v) is 20.0. The Labute approximate surface area is 199 Å². The summed E-state index contributed by atoms with van der Waals surface area (Å²) in [5, 5.41) is 7.48. The van der Waals surface area contributed by atoms with Crippen molar-refractivity contribution in [3.63, 3.8) is 0 Å². The number of hydrogen-bond donors (Lipinski definition) is 1. The number of esters is 1. The van der Waals surface area contributed by atoms with E-state index in [2.05, 4.69) is 10.4 Å². The molecule has 2 heterocycles. The SMILES string of the molecule is COC(=O)c1cc2n(n1)C[C@@](C)(C(=O)NC1CCCCCC1)N(Cc1cccc(OC)c1)C2=O. The number of fused-ring (bicyclic) bond motifs is 1. The Balaban J connectivity index is 1.69. The Morgan fingerprint density at radius 2 is 1.88 bits per heavy atom. The number of ether oxygens (including phenoxy) is 2. The third-order valence-electron chi connectivity index (χ3n) is 6.85. The first-order valence-electron chi connectivity index (χ1n) is 11.8. The number of hydrogen-bond acceptors (Lipinski definition) is 6. The van der Waals surface area contributed by atoms with Crippen LogP contribution in [0.4, 0.5) is 0 Å². The van der Waals surface area contributed by atoms with Gasteiger partial charge in [0.15, 0.2) is 5.69 Å². The van der Waals surface area contributed by atoms with Gasteiger partial charge in [-0.2, -0.15) is 5.10 Å². The summed E-state index contributed by atoms with van der Waals surface area (Å²) in [6, 6.07) is 8.94. The summed E-state index contributed by atoms with van der Waals surface area (Å²) < 4.78 is 11.6. The van der Waals surface area contributed by atoms with E-state index in [1.807, 2.05) is 24.3 Å². The molecule has 1 atom stereocenters. The van der Waals surface area contributed by atoms with Crippen molar-refractivity contribution < 1.29 is 23.9 Å². The molecule has 2 amide bonds. The topological polar surface area (TPSA) is 103 Å². The lowest BCUT2D eigenvalue weighted by atomic mass is 9.93. The third-order valence-corrected chi connectivity index (χ3v) is 6.85. The van der Waals surface area contributed by atoms with Crippen molar-refractivity contribution in [1.29, 1.82) is 0 Å². The number of rotatable bonds is 6. The first-order chi connectivity index (χ1) is 16.4. The highest BCUT2D eigenvalue weighted by Gasteiger charge is 2.48. The molecule has 0 radical (unpaired) electrons. The molecule has 182 valence electrons. The first-order valence-corrected chi connectivity index (χ1v) is 11.8. The second kappa shape index (κ2) is 9.87. The first kappa shape index (κ1) is 23.8. The number of carbonyl (C=O) groups is 3. The molecule has 1 aliphatic heterocycles. The normalized spacial score (nSPS) is 20.9. The molecule has 1 aromatic heterocycles. The van der Waals surface area contributed by atoms with Crippen LogP contribution in [0, 0.1) is 0 Å². The molecular weight excluding hydrogens is 436 g/mol. The minimum atomic E-state index is -1.20. The lowest BCUT2D eigenvalue weighted by Crippen LogP contribution is -2.64. The van der Waals surface area contributed by atoms with Crippen LogP contribution in [-0.4, -0.2) is 58.3 Å². The average Bonchev–Trinajstić information content (AvgIpc) is 3.09. The van der Waals surface area contributed by atoms with E-state index in [-0.39, 0.29) is 42.3 Å². The minimum Gasteiger partial charge on any atom is -0.497 e. The number of nitrogens with one attached hydrogen (secondary N) is 1. The summed E-state index contributed by atoms with van der Waals surface area (Å²) in [6.45, 7) is 2.11. The molecular formula is C25H32N4O5. The Morgan fingerprint density at radius 1 is 1.15 bits per heavy atom. The zero-order chi connectivity index (χ0) is 24.3. The van der Waals surface area contributed by atoms with Crippen LogP contribution >= 0.6 is 0 Å².